The van der Waals surface area contributed by atoms with Crippen molar-refractivity contribution in [1.29, 1.82) is 0 Å². The number of rotatable bonds is 3. The quantitative estimate of drug-likeness (QED) is 0.813. The van der Waals surface area contributed by atoms with E-state index in [9.17, 15) is 13.2 Å². The lowest BCUT2D eigenvalue weighted by atomic mass is 10.0. The Morgan fingerprint density at radius 2 is 1.81 bits per heavy atom. The molecule has 2 aliphatic rings. The summed E-state index contributed by atoms with van der Waals surface area (Å²) in [7, 11) is -3.51. The number of benzene rings is 2. The fraction of sp³-hybridized carbons (Fsp3) is 0.350. The van der Waals surface area contributed by atoms with Crippen molar-refractivity contribution in [2.45, 2.75) is 25.9 Å². The second kappa shape index (κ2) is 6.88. The first kappa shape index (κ1) is 17.9. The van der Waals surface area contributed by atoms with Crippen LogP contribution in [0.15, 0.2) is 48.5 Å². The van der Waals surface area contributed by atoms with Crippen molar-refractivity contribution in [1.82, 2.24) is 0 Å². The molecule has 0 fully saturated rings. The van der Waals surface area contributed by atoms with Crippen LogP contribution in [0.5, 0.6) is 5.75 Å². The zero-order valence-electron chi connectivity index (χ0n) is 15.2. The summed E-state index contributed by atoms with van der Waals surface area (Å²) >= 11 is 0. The molecule has 0 saturated carbocycles. The maximum atomic E-state index is 13.3. The van der Waals surface area contributed by atoms with Crippen LogP contribution >= 0.6 is 0 Å². The van der Waals surface area contributed by atoms with Crippen molar-refractivity contribution in [2.75, 3.05) is 28.0 Å². The highest BCUT2D eigenvalue weighted by Crippen LogP contribution is 2.36. The third-order valence-corrected chi connectivity index (χ3v) is 6.83. The first-order valence-electron chi connectivity index (χ1n) is 9.16. The van der Waals surface area contributed by atoms with Gasteiger partial charge in [0.2, 0.25) is 10.0 Å². The average Bonchev–Trinajstić information content (AvgIpc) is 2.72. The third-order valence-electron chi connectivity index (χ3n) is 5.09. The predicted octanol–water partition coefficient (Wildman–Crippen LogP) is 2.58. The van der Waals surface area contributed by atoms with E-state index in [2.05, 4.69) is 0 Å². The molecule has 0 unspecified atom stereocenters. The number of amides is 1. The topological polar surface area (TPSA) is 66.9 Å². The summed E-state index contributed by atoms with van der Waals surface area (Å²) in [5.41, 5.74) is 2.51. The van der Waals surface area contributed by atoms with Gasteiger partial charge in [0.25, 0.3) is 5.91 Å². The Hall–Kier alpha value is -2.54. The maximum Gasteiger partial charge on any atom is 0.269 e. The molecule has 0 bridgehead atoms. The molecule has 2 aromatic rings. The number of para-hydroxylation sites is 3. The van der Waals surface area contributed by atoms with Crippen molar-refractivity contribution < 1.29 is 17.9 Å². The van der Waals surface area contributed by atoms with E-state index in [0.29, 0.717) is 18.0 Å². The molecule has 0 N–H and O–H groups in total. The predicted molar refractivity (Wildman–Crippen MR) is 105 cm³/mol. The van der Waals surface area contributed by atoms with Crippen LogP contribution < -0.4 is 13.9 Å². The third kappa shape index (κ3) is 3.16. The van der Waals surface area contributed by atoms with Crippen LogP contribution in [0.1, 0.15) is 18.9 Å². The minimum absolute atomic E-state index is 0.00924. The Morgan fingerprint density at radius 3 is 2.59 bits per heavy atom. The largest absolute Gasteiger partial charge is 0.476 e. The number of anilines is 2. The van der Waals surface area contributed by atoms with Crippen molar-refractivity contribution in [2.24, 2.45) is 0 Å². The molecule has 0 aliphatic carbocycles. The lowest BCUT2D eigenvalue weighted by Gasteiger charge is -2.38. The molecule has 0 saturated heterocycles. The Morgan fingerprint density at radius 1 is 1.11 bits per heavy atom. The Kier molecular flexibility index (Phi) is 4.55. The highest BCUT2D eigenvalue weighted by molar-refractivity contribution is 7.92. The minimum Gasteiger partial charge on any atom is -0.476 e. The molecule has 142 valence electrons. The molecule has 2 aromatic carbocycles. The lowest BCUT2D eigenvalue weighted by molar-refractivity contribution is -0.125. The maximum absolute atomic E-state index is 13.3. The first-order chi connectivity index (χ1) is 13.0. The molecule has 0 spiro atoms. The molecule has 7 heteroatoms. The molecule has 1 amide bonds. The first-order valence-corrected chi connectivity index (χ1v) is 10.8. The summed E-state index contributed by atoms with van der Waals surface area (Å²) < 4.78 is 32.5. The summed E-state index contributed by atoms with van der Waals surface area (Å²) in [6.07, 6.45) is 0.945. The number of hydrogen-bond donors (Lipinski definition) is 0. The number of carbonyl (C=O) groups is 1. The van der Waals surface area contributed by atoms with Crippen LogP contribution in [0.3, 0.4) is 0 Å². The molecule has 4 rings (SSSR count). The van der Waals surface area contributed by atoms with Crippen LogP contribution in [0, 0.1) is 0 Å². The molecule has 2 aliphatic heterocycles. The van der Waals surface area contributed by atoms with E-state index < -0.39 is 16.1 Å². The molecule has 1 atom stereocenters. The van der Waals surface area contributed by atoms with Gasteiger partial charge in [0.05, 0.1) is 18.0 Å². The van der Waals surface area contributed by atoms with E-state index in [4.69, 9.17) is 4.74 Å². The monoisotopic (exact) mass is 386 g/mol. The van der Waals surface area contributed by atoms with Crippen LogP contribution in [-0.4, -0.2) is 39.3 Å². The van der Waals surface area contributed by atoms with Gasteiger partial charge in [0.1, 0.15) is 5.75 Å². The summed E-state index contributed by atoms with van der Waals surface area (Å²) in [6.45, 7) is 2.20. The normalized spacial score (nSPS) is 19.1. The number of carbonyl (C=O) groups excluding carboxylic acids is 1. The Bertz CT molecular complexity index is 973. The van der Waals surface area contributed by atoms with E-state index >= 15 is 0 Å². The standard InChI is InChI=1S/C20H22N2O4S/c1-2-27(24,25)22-14-19(26-18-12-6-5-11-17(18)22)20(23)21-13-7-9-15-8-3-4-10-16(15)21/h3-6,8,10-12,19H,2,7,9,13-14H2,1H3/t19-/m0/s1. The lowest BCUT2D eigenvalue weighted by Crippen LogP contribution is -2.53. The Balaban J connectivity index is 1.69. The zero-order valence-corrected chi connectivity index (χ0v) is 16.0. The summed E-state index contributed by atoms with van der Waals surface area (Å²) in [4.78, 5) is 15.0. The second-order valence-corrected chi connectivity index (χ2v) is 8.91. The van der Waals surface area contributed by atoms with Crippen LogP contribution in [0.25, 0.3) is 0 Å². The number of aryl methyl sites for hydroxylation is 1. The van der Waals surface area contributed by atoms with Gasteiger partial charge in [-0.15, -0.1) is 0 Å². The van der Waals surface area contributed by atoms with Crippen LogP contribution in [-0.2, 0) is 21.2 Å². The smallest absolute Gasteiger partial charge is 0.269 e. The van der Waals surface area contributed by atoms with Gasteiger partial charge in [0, 0.05) is 12.2 Å². The van der Waals surface area contributed by atoms with Crippen LogP contribution in [0.2, 0.25) is 0 Å². The van der Waals surface area contributed by atoms with Gasteiger partial charge in [-0.05, 0) is 43.5 Å². The highest BCUT2D eigenvalue weighted by atomic mass is 32.2. The van der Waals surface area contributed by atoms with Gasteiger partial charge < -0.3 is 9.64 Å². The molecule has 27 heavy (non-hydrogen) atoms. The van der Waals surface area contributed by atoms with E-state index in [1.807, 2.05) is 24.3 Å². The van der Waals surface area contributed by atoms with E-state index in [-0.39, 0.29) is 18.2 Å². The van der Waals surface area contributed by atoms with Gasteiger partial charge in [0.15, 0.2) is 6.10 Å². The SMILES string of the molecule is CCS(=O)(=O)N1C[C@@H](C(=O)N2CCCc3ccccc32)Oc2ccccc21. The minimum atomic E-state index is -3.51. The van der Waals surface area contributed by atoms with Gasteiger partial charge in [-0.25, -0.2) is 8.42 Å². The van der Waals surface area contributed by atoms with Crippen molar-refractivity contribution in [3.63, 3.8) is 0 Å². The van der Waals surface area contributed by atoms with E-state index in [0.717, 1.165) is 24.1 Å². The van der Waals surface area contributed by atoms with Crippen molar-refractivity contribution in [3.8, 4) is 5.75 Å². The number of sulfonamides is 1. The van der Waals surface area contributed by atoms with E-state index in [1.54, 1.807) is 36.1 Å². The van der Waals surface area contributed by atoms with Gasteiger partial charge in [-0.3, -0.25) is 9.10 Å². The molecule has 2 heterocycles. The van der Waals surface area contributed by atoms with Gasteiger partial charge >= 0.3 is 0 Å². The fourth-order valence-electron chi connectivity index (χ4n) is 3.69. The number of hydrogen-bond acceptors (Lipinski definition) is 4. The molecule has 6 nitrogen and oxygen atoms in total. The molecule has 0 aromatic heterocycles. The second-order valence-electron chi connectivity index (χ2n) is 6.73. The number of ether oxygens (including phenoxy) is 1. The molecule has 0 radical (unpaired) electrons. The highest BCUT2D eigenvalue weighted by Gasteiger charge is 2.38. The zero-order chi connectivity index (χ0) is 19.0. The van der Waals surface area contributed by atoms with Gasteiger partial charge in [-0.1, -0.05) is 30.3 Å². The van der Waals surface area contributed by atoms with Crippen LogP contribution in [0.4, 0.5) is 11.4 Å². The number of fused-ring (bicyclic) bond motifs is 2. The molecular weight excluding hydrogens is 364 g/mol. The Labute approximate surface area is 159 Å². The van der Waals surface area contributed by atoms with Gasteiger partial charge in [-0.2, -0.15) is 0 Å². The van der Waals surface area contributed by atoms with E-state index in [1.165, 1.54) is 4.31 Å². The summed E-state index contributed by atoms with van der Waals surface area (Å²) in [5.74, 6) is 0.187. The fourth-order valence-corrected chi connectivity index (χ4v) is 4.81. The average molecular weight is 386 g/mol. The number of nitrogens with zero attached hydrogens (tertiary/aromatic N) is 2. The summed E-state index contributed by atoms with van der Waals surface area (Å²) in [5, 5.41) is 0. The van der Waals surface area contributed by atoms with Crippen molar-refractivity contribution >= 4 is 27.3 Å². The summed E-state index contributed by atoms with van der Waals surface area (Å²) in [6, 6.07) is 14.8. The van der Waals surface area contributed by atoms with Crippen molar-refractivity contribution in [3.05, 3.63) is 54.1 Å². The molecular formula is C20H22N2O4S.